The van der Waals surface area contributed by atoms with Crippen molar-refractivity contribution in [2.75, 3.05) is 11.5 Å². The molecular weight excluding hydrogens is 342 g/mol. The van der Waals surface area contributed by atoms with Crippen molar-refractivity contribution < 1.29 is 14.7 Å². The Morgan fingerprint density at radius 2 is 1.83 bits per heavy atom. The zero-order valence-electron chi connectivity index (χ0n) is 14.7. The molecule has 6 heteroatoms. The summed E-state index contributed by atoms with van der Waals surface area (Å²) in [6, 6.07) is 7.50. The molecule has 0 aromatic heterocycles. The average molecular weight is 370 g/mol. The summed E-state index contributed by atoms with van der Waals surface area (Å²) in [4.78, 5) is 23.1. The highest BCUT2D eigenvalue weighted by molar-refractivity contribution is 7.98. The van der Waals surface area contributed by atoms with Crippen molar-refractivity contribution in [3.63, 3.8) is 0 Å². The van der Waals surface area contributed by atoms with Crippen LogP contribution in [-0.4, -0.2) is 34.5 Å². The van der Waals surface area contributed by atoms with Crippen LogP contribution < -0.4 is 5.32 Å². The van der Waals surface area contributed by atoms with E-state index in [4.69, 9.17) is 0 Å². The number of aliphatic carboxylic acids is 1. The van der Waals surface area contributed by atoms with Crippen molar-refractivity contribution in [3.05, 3.63) is 35.4 Å². The SMILES string of the molecule is CC(CS)C(=O)N[C@@H](CSCc1ccc(C(C)(C)C)cc1)C(=O)O. The van der Waals surface area contributed by atoms with Gasteiger partial charge < -0.3 is 10.4 Å². The normalized spacial score (nSPS) is 14.0. The Kier molecular flexibility index (Phi) is 8.16. The van der Waals surface area contributed by atoms with E-state index in [1.54, 1.807) is 6.92 Å². The number of hydrogen-bond acceptors (Lipinski definition) is 4. The fourth-order valence-corrected chi connectivity index (χ4v) is 3.14. The first-order valence-corrected chi connectivity index (χ1v) is 9.75. The zero-order valence-corrected chi connectivity index (χ0v) is 16.4. The second kappa shape index (κ2) is 9.37. The van der Waals surface area contributed by atoms with Gasteiger partial charge in [0.25, 0.3) is 0 Å². The topological polar surface area (TPSA) is 66.4 Å². The van der Waals surface area contributed by atoms with E-state index in [2.05, 4.69) is 63.0 Å². The molecule has 1 aromatic carbocycles. The van der Waals surface area contributed by atoms with E-state index in [-0.39, 0.29) is 17.2 Å². The second-order valence-electron chi connectivity index (χ2n) is 6.95. The van der Waals surface area contributed by atoms with Crippen LogP contribution in [0.15, 0.2) is 24.3 Å². The van der Waals surface area contributed by atoms with Crippen LogP contribution in [0, 0.1) is 5.92 Å². The molecule has 0 bridgehead atoms. The maximum Gasteiger partial charge on any atom is 0.327 e. The van der Waals surface area contributed by atoms with Crippen LogP contribution in [0.5, 0.6) is 0 Å². The molecule has 24 heavy (non-hydrogen) atoms. The number of rotatable bonds is 8. The van der Waals surface area contributed by atoms with Gasteiger partial charge in [0.1, 0.15) is 6.04 Å². The van der Waals surface area contributed by atoms with E-state index in [1.165, 1.54) is 17.3 Å². The van der Waals surface area contributed by atoms with Crippen LogP contribution in [-0.2, 0) is 20.8 Å². The highest BCUT2D eigenvalue weighted by Gasteiger charge is 2.22. The number of carboxylic acids is 1. The first-order valence-electron chi connectivity index (χ1n) is 7.96. The molecule has 0 saturated carbocycles. The van der Waals surface area contributed by atoms with Gasteiger partial charge in [0.15, 0.2) is 0 Å². The van der Waals surface area contributed by atoms with Crippen LogP contribution >= 0.6 is 24.4 Å². The lowest BCUT2D eigenvalue weighted by molar-refractivity contribution is -0.141. The average Bonchev–Trinajstić information content (AvgIpc) is 2.52. The number of nitrogens with one attached hydrogen (secondary N) is 1. The van der Waals surface area contributed by atoms with Crippen LogP contribution in [0.25, 0.3) is 0 Å². The van der Waals surface area contributed by atoms with Crippen molar-refractivity contribution in [1.82, 2.24) is 5.32 Å². The van der Waals surface area contributed by atoms with E-state index in [0.29, 0.717) is 17.3 Å². The molecule has 1 aromatic rings. The fraction of sp³-hybridized carbons (Fsp3) is 0.556. The number of thiol groups is 1. The van der Waals surface area contributed by atoms with Gasteiger partial charge in [-0.25, -0.2) is 4.79 Å². The molecule has 0 aliphatic carbocycles. The lowest BCUT2D eigenvalue weighted by Crippen LogP contribution is -2.45. The molecule has 0 aliphatic rings. The zero-order chi connectivity index (χ0) is 18.3. The maximum atomic E-state index is 11.8. The van der Waals surface area contributed by atoms with Gasteiger partial charge in [0.05, 0.1) is 0 Å². The molecule has 0 heterocycles. The molecule has 2 atom stereocenters. The van der Waals surface area contributed by atoms with E-state index < -0.39 is 12.0 Å². The smallest absolute Gasteiger partial charge is 0.327 e. The summed E-state index contributed by atoms with van der Waals surface area (Å²) in [6.07, 6.45) is 0. The maximum absolute atomic E-state index is 11.8. The predicted octanol–water partition coefficient (Wildman–Crippen LogP) is 3.35. The van der Waals surface area contributed by atoms with Crippen LogP contribution in [0.2, 0.25) is 0 Å². The van der Waals surface area contributed by atoms with Gasteiger partial charge in [-0.2, -0.15) is 24.4 Å². The van der Waals surface area contributed by atoms with Gasteiger partial charge in [-0.15, -0.1) is 0 Å². The molecule has 0 fully saturated rings. The Balaban J connectivity index is 2.54. The highest BCUT2D eigenvalue weighted by atomic mass is 32.2. The summed E-state index contributed by atoms with van der Waals surface area (Å²) in [5, 5.41) is 11.8. The van der Waals surface area contributed by atoms with E-state index in [1.807, 2.05) is 0 Å². The summed E-state index contributed by atoms with van der Waals surface area (Å²) in [5.74, 6) is -0.137. The number of carbonyl (C=O) groups excluding carboxylic acids is 1. The lowest BCUT2D eigenvalue weighted by Gasteiger charge is -2.19. The van der Waals surface area contributed by atoms with Crippen molar-refractivity contribution in [1.29, 1.82) is 0 Å². The molecule has 1 unspecified atom stereocenters. The third kappa shape index (κ3) is 6.77. The molecule has 1 rings (SSSR count). The van der Waals surface area contributed by atoms with Gasteiger partial charge in [0.2, 0.25) is 5.91 Å². The van der Waals surface area contributed by atoms with Crippen molar-refractivity contribution in [2.24, 2.45) is 5.92 Å². The van der Waals surface area contributed by atoms with Gasteiger partial charge >= 0.3 is 5.97 Å². The number of carboxylic acid groups (broad SMARTS) is 1. The monoisotopic (exact) mass is 369 g/mol. The minimum absolute atomic E-state index is 0.119. The predicted molar refractivity (Wildman–Crippen MR) is 104 cm³/mol. The van der Waals surface area contributed by atoms with Crippen LogP contribution in [0.4, 0.5) is 0 Å². The molecular formula is C18H27NO3S2. The Morgan fingerprint density at radius 3 is 2.29 bits per heavy atom. The second-order valence-corrected chi connectivity index (χ2v) is 8.34. The third-order valence-corrected chi connectivity index (χ3v) is 5.36. The van der Waals surface area contributed by atoms with Crippen molar-refractivity contribution >= 4 is 36.3 Å². The Morgan fingerprint density at radius 1 is 1.25 bits per heavy atom. The number of carbonyl (C=O) groups is 2. The summed E-state index contributed by atoms with van der Waals surface area (Å²) >= 11 is 5.57. The molecule has 0 radical (unpaired) electrons. The fourth-order valence-electron chi connectivity index (χ4n) is 1.97. The van der Waals surface area contributed by atoms with Gasteiger partial charge in [-0.1, -0.05) is 52.0 Å². The summed E-state index contributed by atoms with van der Waals surface area (Å²) in [6.45, 7) is 8.24. The van der Waals surface area contributed by atoms with E-state index in [9.17, 15) is 14.7 Å². The van der Waals surface area contributed by atoms with E-state index >= 15 is 0 Å². The van der Waals surface area contributed by atoms with Gasteiger partial charge in [-0.05, 0) is 16.5 Å². The minimum Gasteiger partial charge on any atom is -0.480 e. The first kappa shape index (κ1) is 20.9. The number of benzene rings is 1. The Hall–Kier alpha value is -1.14. The minimum atomic E-state index is -1.01. The van der Waals surface area contributed by atoms with Crippen LogP contribution in [0.3, 0.4) is 0 Å². The number of amides is 1. The quantitative estimate of drug-likeness (QED) is 0.615. The van der Waals surface area contributed by atoms with Crippen molar-refractivity contribution in [2.45, 2.75) is 44.9 Å². The summed E-state index contributed by atoms with van der Waals surface area (Å²) < 4.78 is 0. The number of thioether (sulfide) groups is 1. The standard InChI is InChI=1S/C18H27NO3S2/c1-12(9-23)16(20)19-15(17(21)22)11-24-10-13-5-7-14(8-6-13)18(2,3)4/h5-8,12,15,23H,9-11H2,1-4H3,(H,19,20)(H,21,22)/t12?,15-/m0/s1. The highest BCUT2D eigenvalue weighted by Crippen LogP contribution is 2.23. The molecule has 0 aliphatic heterocycles. The van der Waals surface area contributed by atoms with Crippen molar-refractivity contribution in [3.8, 4) is 0 Å². The van der Waals surface area contributed by atoms with Crippen LogP contribution in [0.1, 0.15) is 38.8 Å². The molecule has 134 valence electrons. The molecule has 2 N–H and O–H groups in total. The summed E-state index contributed by atoms with van der Waals surface area (Å²) in [5.41, 5.74) is 2.54. The molecule has 4 nitrogen and oxygen atoms in total. The van der Waals surface area contributed by atoms with Gasteiger partial charge in [0, 0.05) is 23.2 Å². The molecule has 0 spiro atoms. The molecule has 1 amide bonds. The van der Waals surface area contributed by atoms with Gasteiger partial charge in [-0.3, -0.25) is 4.79 Å². The third-order valence-electron chi connectivity index (χ3n) is 3.71. The number of hydrogen-bond donors (Lipinski definition) is 3. The Labute approximate surface area is 154 Å². The van der Waals surface area contributed by atoms with E-state index in [0.717, 1.165) is 5.56 Å². The lowest BCUT2D eigenvalue weighted by atomic mass is 9.87. The largest absolute Gasteiger partial charge is 0.480 e. The summed E-state index contributed by atoms with van der Waals surface area (Å²) in [7, 11) is 0. The molecule has 0 saturated heterocycles. The Bertz CT molecular complexity index is 552. The first-order chi connectivity index (χ1) is 11.1.